The lowest BCUT2D eigenvalue weighted by atomic mass is 10.2. The number of imide groups is 1. The molecular weight excluding hydrogens is 228 g/mol. The SMILES string of the molecule is CN1C(=O)CCN(c2cccc(Cl)c2)C1=O. The minimum Gasteiger partial charge on any atom is -0.293 e. The molecule has 0 N–H and O–H groups in total. The molecule has 0 radical (unpaired) electrons. The Morgan fingerprint density at radius 2 is 2.06 bits per heavy atom. The Kier molecular flexibility index (Phi) is 2.83. The predicted molar refractivity (Wildman–Crippen MR) is 61.6 cm³/mol. The third kappa shape index (κ3) is 1.88. The molecule has 84 valence electrons. The summed E-state index contributed by atoms with van der Waals surface area (Å²) in [7, 11) is 1.49. The molecule has 1 aromatic carbocycles. The van der Waals surface area contributed by atoms with Crippen molar-refractivity contribution in [1.82, 2.24) is 4.90 Å². The number of hydrogen-bond acceptors (Lipinski definition) is 2. The lowest BCUT2D eigenvalue weighted by Gasteiger charge is -2.31. The standard InChI is InChI=1S/C11H11ClN2O2/c1-13-10(15)5-6-14(11(13)16)9-4-2-3-8(12)7-9/h2-4,7H,5-6H2,1H3. The smallest absolute Gasteiger partial charge is 0.293 e. The van der Waals surface area contributed by atoms with Crippen LogP contribution < -0.4 is 4.90 Å². The summed E-state index contributed by atoms with van der Waals surface area (Å²) in [6.07, 6.45) is 0.342. The summed E-state index contributed by atoms with van der Waals surface area (Å²) >= 11 is 5.86. The van der Waals surface area contributed by atoms with Gasteiger partial charge in [0.05, 0.1) is 0 Å². The molecule has 1 aliphatic heterocycles. The Labute approximate surface area is 98.4 Å². The van der Waals surface area contributed by atoms with E-state index in [1.165, 1.54) is 7.05 Å². The van der Waals surface area contributed by atoms with Crippen molar-refractivity contribution in [2.45, 2.75) is 6.42 Å². The molecule has 1 fully saturated rings. The van der Waals surface area contributed by atoms with Gasteiger partial charge in [0.2, 0.25) is 5.91 Å². The Morgan fingerprint density at radius 1 is 1.31 bits per heavy atom. The summed E-state index contributed by atoms with van der Waals surface area (Å²) in [5.74, 6) is -0.150. The van der Waals surface area contributed by atoms with E-state index >= 15 is 0 Å². The Hall–Kier alpha value is -1.55. The number of rotatable bonds is 1. The lowest BCUT2D eigenvalue weighted by molar-refractivity contribution is -0.127. The van der Waals surface area contributed by atoms with Crippen LogP contribution in [0.1, 0.15) is 6.42 Å². The van der Waals surface area contributed by atoms with Crippen LogP contribution >= 0.6 is 11.6 Å². The van der Waals surface area contributed by atoms with Gasteiger partial charge in [0.1, 0.15) is 0 Å². The van der Waals surface area contributed by atoms with Gasteiger partial charge in [-0.1, -0.05) is 17.7 Å². The highest BCUT2D eigenvalue weighted by molar-refractivity contribution is 6.31. The van der Waals surface area contributed by atoms with Crippen LogP contribution in [0.2, 0.25) is 5.02 Å². The second-order valence-electron chi connectivity index (χ2n) is 3.62. The first kappa shape index (κ1) is 11.0. The van der Waals surface area contributed by atoms with Gasteiger partial charge in [-0.3, -0.25) is 14.6 Å². The number of benzene rings is 1. The third-order valence-corrected chi connectivity index (χ3v) is 2.80. The van der Waals surface area contributed by atoms with Crippen molar-refractivity contribution < 1.29 is 9.59 Å². The predicted octanol–water partition coefficient (Wildman–Crippen LogP) is 2.13. The van der Waals surface area contributed by atoms with Gasteiger partial charge >= 0.3 is 6.03 Å². The van der Waals surface area contributed by atoms with Crippen LogP contribution in [0.4, 0.5) is 10.5 Å². The maximum absolute atomic E-state index is 11.8. The number of hydrogen-bond donors (Lipinski definition) is 0. The number of nitrogens with zero attached hydrogens (tertiary/aromatic N) is 2. The first-order valence-electron chi connectivity index (χ1n) is 4.93. The molecule has 4 nitrogen and oxygen atoms in total. The Bertz CT molecular complexity index is 447. The molecule has 3 amide bonds. The Morgan fingerprint density at radius 3 is 2.75 bits per heavy atom. The Balaban J connectivity index is 2.28. The normalized spacial score (nSPS) is 16.9. The van der Waals surface area contributed by atoms with Crippen LogP contribution in [-0.4, -0.2) is 30.4 Å². The van der Waals surface area contributed by atoms with Crippen molar-refractivity contribution >= 4 is 29.2 Å². The quantitative estimate of drug-likeness (QED) is 0.752. The van der Waals surface area contributed by atoms with Crippen LogP contribution in [0.15, 0.2) is 24.3 Å². The number of carbonyl (C=O) groups excluding carboxylic acids is 2. The first-order valence-corrected chi connectivity index (χ1v) is 5.31. The topological polar surface area (TPSA) is 40.6 Å². The molecule has 1 saturated heterocycles. The van der Waals surface area contributed by atoms with E-state index in [-0.39, 0.29) is 11.9 Å². The zero-order valence-corrected chi connectivity index (χ0v) is 9.57. The molecule has 0 spiro atoms. The molecule has 5 heteroatoms. The molecular formula is C11H11ClN2O2. The fourth-order valence-electron chi connectivity index (χ4n) is 1.64. The summed E-state index contributed by atoms with van der Waals surface area (Å²) in [5.41, 5.74) is 0.719. The van der Waals surface area contributed by atoms with Gasteiger partial charge in [0, 0.05) is 30.7 Å². The molecule has 0 bridgehead atoms. The van der Waals surface area contributed by atoms with Crippen molar-refractivity contribution in [3.05, 3.63) is 29.3 Å². The van der Waals surface area contributed by atoms with E-state index in [2.05, 4.69) is 0 Å². The molecule has 0 saturated carbocycles. The minimum absolute atomic E-state index is 0.150. The summed E-state index contributed by atoms with van der Waals surface area (Å²) < 4.78 is 0. The second kappa shape index (κ2) is 4.14. The van der Waals surface area contributed by atoms with Crippen LogP contribution in [0.3, 0.4) is 0 Å². The highest BCUT2D eigenvalue weighted by atomic mass is 35.5. The van der Waals surface area contributed by atoms with Crippen LogP contribution in [0.5, 0.6) is 0 Å². The average molecular weight is 239 g/mol. The minimum atomic E-state index is -0.307. The molecule has 0 atom stereocenters. The molecule has 0 unspecified atom stereocenters. The van der Waals surface area contributed by atoms with Gasteiger partial charge in [-0.2, -0.15) is 0 Å². The van der Waals surface area contributed by atoms with Crippen molar-refractivity contribution in [2.24, 2.45) is 0 Å². The summed E-state index contributed by atoms with van der Waals surface area (Å²) in [5, 5.41) is 0.574. The summed E-state index contributed by atoms with van der Waals surface area (Å²) in [6.45, 7) is 0.405. The van der Waals surface area contributed by atoms with Crippen LogP contribution in [0.25, 0.3) is 0 Å². The van der Waals surface area contributed by atoms with E-state index in [9.17, 15) is 9.59 Å². The largest absolute Gasteiger partial charge is 0.330 e. The number of carbonyl (C=O) groups is 2. The van der Waals surface area contributed by atoms with Crippen molar-refractivity contribution in [3.63, 3.8) is 0 Å². The fourth-order valence-corrected chi connectivity index (χ4v) is 1.83. The van der Waals surface area contributed by atoms with Gasteiger partial charge in [0.25, 0.3) is 0 Å². The van der Waals surface area contributed by atoms with Gasteiger partial charge < -0.3 is 0 Å². The van der Waals surface area contributed by atoms with Gasteiger partial charge in [-0.25, -0.2) is 4.79 Å². The van der Waals surface area contributed by atoms with E-state index in [0.29, 0.717) is 18.0 Å². The molecule has 1 aromatic rings. The van der Waals surface area contributed by atoms with E-state index in [1.807, 2.05) is 0 Å². The van der Waals surface area contributed by atoms with Crippen molar-refractivity contribution in [3.8, 4) is 0 Å². The fraction of sp³-hybridized carbons (Fsp3) is 0.273. The number of halogens is 1. The zero-order valence-electron chi connectivity index (χ0n) is 8.81. The molecule has 2 rings (SSSR count). The van der Waals surface area contributed by atoms with Crippen LogP contribution in [-0.2, 0) is 4.79 Å². The molecule has 0 aliphatic carbocycles. The van der Waals surface area contributed by atoms with E-state index < -0.39 is 0 Å². The van der Waals surface area contributed by atoms with Gasteiger partial charge in [-0.05, 0) is 18.2 Å². The highest BCUT2D eigenvalue weighted by Crippen LogP contribution is 2.22. The molecule has 1 heterocycles. The number of urea groups is 1. The van der Waals surface area contributed by atoms with Crippen molar-refractivity contribution in [2.75, 3.05) is 18.5 Å². The van der Waals surface area contributed by atoms with Crippen LogP contribution in [0, 0.1) is 0 Å². The molecule has 0 aromatic heterocycles. The van der Waals surface area contributed by atoms with Gasteiger partial charge in [0.15, 0.2) is 0 Å². The maximum atomic E-state index is 11.8. The summed E-state index contributed by atoms with van der Waals surface area (Å²) in [4.78, 5) is 25.8. The van der Waals surface area contributed by atoms with E-state index in [0.717, 1.165) is 10.6 Å². The zero-order chi connectivity index (χ0) is 11.7. The second-order valence-corrected chi connectivity index (χ2v) is 4.05. The van der Waals surface area contributed by atoms with E-state index in [4.69, 9.17) is 11.6 Å². The third-order valence-electron chi connectivity index (χ3n) is 2.56. The number of anilines is 1. The maximum Gasteiger partial charge on any atom is 0.330 e. The average Bonchev–Trinajstić information content (AvgIpc) is 2.26. The van der Waals surface area contributed by atoms with Crippen molar-refractivity contribution in [1.29, 1.82) is 0 Å². The van der Waals surface area contributed by atoms with E-state index in [1.54, 1.807) is 29.2 Å². The molecule has 16 heavy (non-hydrogen) atoms. The highest BCUT2D eigenvalue weighted by Gasteiger charge is 2.29. The first-order chi connectivity index (χ1) is 7.59. The molecule has 1 aliphatic rings. The lowest BCUT2D eigenvalue weighted by Crippen LogP contribution is -2.50. The van der Waals surface area contributed by atoms with Gasteiger partial charge in [-0.15, -0.1) is 0 Å². The monoisotopic (exact) mass is 238 g/mol. The number of amides is 3. The summed E-state index contributed by atoms with van der Waals surface area (Å²) in [6, 6.07) is 6.73.